The number of fused-ring (bicyclic) bond motifs is 1. The molecule has 2 atom stereocenters. The van der Waals surface area contributed by atoms with Crippen molar-refractivity contribution in [2.45, 2.75) is 51.7 Å². The third-order valence-corrected chi connectivity index (χ3v) is 8.04. The molecule has 3 aromatic rings. The molecule has 2 aromatic carbocycles. The molecule has 0 saturated carbocycles. The summed E-state index contributed by atoms with van der Waals surface area (Å²) in [5.74, 6) is -0.106. The van der Waals surface area contributed by atoms with Crippen LogP contribution in [0.3, 0.4) is 0 Å². The van der Waals surface area contributed by atoms with Gasteiger partial charge in [0.2, 0.25) is 5.91 Å². The first kappa shape index (κ1) is 28.1. The highest BCUT2D eigenvalue weighted by atomic mass is 35.5. The van der Waals surface area contributed by atoms with Gasteiger partial charge in [0.05, 0.1) is 23.4 Å². The van der Waals surface area contributed by atoms with Gasteiger partial charge in [-0.2, -0.15) is 0 Å². The van der Waals surface area contributed by atoms with E-state index in [2.05, 4.69) is 10.3 Å². The minimum Gasteiger partial charge on any atom is -0.394 e. The Morgan fingerprint density at radius 2 is 2.05 bits per heavy atom. The van der Waals surface area contributed by atoms with E-state index in [1.54, 1.807) is 38.2 Å². The minimum atomic E-state index is -0.934. The summed E-state index contributed by atoms with van der Waals surface area (Å²) in [5, 5.41) is 13.0. The third-order valence-electron chi connectivity index (χ3n) is 7.76. The summed E-state index contributed by atoms with van der Waals surface area (Å²) in [4.78, 5) is 37.1. The van der Waals surface area contributed by atoms with Gasteiger partial charge in [-0.1, -0.05) is 41.9 Å². The molecule has 1 fully saturated rings. The van der Waals surface area contributed by atoms with Crippen LogP contribution >= 0.6 is 11.6 Å². The molecule has 0 spiro atoms. The second-order valence-corrected chi connectivity index (χ2v) is 10.9. The van der Waals surface area contributed by atoms with Gasteiger partial charge in [0.1, 0.15) is 17.7 Å². The van der Waals surface area contributed by atoms with Crippen molar-refractivity contribution in [1.29, 1.82) is 0 Å². The van der Waals surface area contributed by atoms with Crippen molar-refractivity contribution in [2.24, 2.45) is 5.92 Å². The van der Waals surface area contributed by atoms with E-state index in [0.29, 0.717) is 39.1 Å². The van der Waals surface area contributed by atoms with E-state index < -0.39 is 30.4 Å². The van der Waals surface area contributed by atoms with Crippen molar-refractivity contribution in [1.82, 2.24) is 20.2 Å². The number of rotatable bonds is 8. The van der Waals surface area contributed by atoms with Crippen LogP contribution in [-0.2, 0) is 22.5 Å². The molecule has 0 unspecified atom stereocenters. The Bertz CT molecular complexity index is 1430. The predicted molar refractivity (Wildman–Crippen MR) is 148 cm³/mol. The second-order valence-electron chi connectivity index (χ2n) is 10.4. The summed E-state index contributed by atoms with van der Waals surface area (Å²) >= 11 is 6.47. The number of ether oxygens (including phenoxy) is 1. The molecule has 5 rings (SSSR count). The maximum atomic E-state index is 14.6. The first-order valence-corrected chi connectivity index (χ1v) is 13.8. The molecule has 0 radical (unpaired) electrons. The molecule has 1 saturated heterocycles. The lowest BCUT2D eigenvalue weighted by atomic mass is 9.96. The molecule has 2 aliphatic heterocycles. The van der Waals surface area contributed by atoms with E-state index >= 15 is 0 Å². The van der Waals surface area contributed by atoms with Crippen LogP contribution in [-0.4, -0.2) is 57.7 Å². The Morgan fingerprint density at radius 3 is 2.80 bits per heavy atom. The van der Waals surface area contributed by atoms with Crippen molar-refractivity contribution in [2.75, 3.05) is 19.8 Å². The normalized spacial score (nSPS) is 17.0. The monoisotopic (exact) mass is 566 g/mol. The van der Waals surface area contributed by atoms with Gasteiger partial charge >= 0.3 is 0 Å². The fourth-order valence-corrected chi connectivity index (χ4v) is 5.49. The molecule has 0 aliphatic carbocycles. The van der Waals surface area contributed by atoms with Gasteiger partial charge in [-0.05, 0) is 49.8 Å². The van der Waals surface area contributed by atoms with Gasteiger partial charge in [0.15, 0.2) is 0 Å². The van der Waals surface area contributed by atoms with Crippen molar-refractivity contribution >= 4 is 23.4 Å². The zero-order valence-electron chi connectivity index (χ0n) is 22.5. The number of aryl methyl sites for hydroxylation is 1. The molecule has 2 amide bonds. The number of aliphatic hydroxyl groups is 1. The molecule has 3 heterocycles. The van der Waals surface area contributed by atoms with Gasteiger partial charge < -0.3 is 20.1 Å². The van der Waals surface area contributed by atoms with Crippen LogP contribution in [0, 0.1) is 18.7 Å². The van der Waals surface area contributed by atoms with Crippen LogP contribution < -0.4 is 5.32 Å². The number of aromatic nitrogens is 2. The number of hydrogen-bond donors (Lipinski definition) is 2. The Morgan fingerprint density at radius 1 is 1.27 bits per heavy atom. The molecule has 2 N–H and O–H groups in total. The van der Waals surface area contributed by atoms with Gasteiger partial charge in [-0.25, -0.2) is 14.4 Å². The third kappa shape index (κ3) is 5.73. The Balaban J connectivity index is 1.31. The average Bonchev–Trinajstić information content (AvgIpc) is 3.30. The van der Waals surface area contributed by atoms with Crippen molar-refractivity contribution in [3.05, 3.63) is 81.5 Å². The quantitative estimate of drug-likeness (QED) is 0.419. The standard InChI is InChI=1S/C30H32ClFN4O4/c1-17-4-3-5-22(27(17)32)25(16-37)34-29(38)18(2)36-15-21-7-6-20(13-23(21)30(36)39)28-24(31)14-33-26(35-28)12-19-8-10-40-11-9-19/h3-7,13-14,18-19,25,37H,8-12,15-16H2,1-2H3,(H,34,38)/t18-,25-/m1/s1. The molecule has 1 aromatic heterocycles. The maximum absolute atomic E-state index is 14.6. The van der Waals surface area contributed by atoms with Gasteiger partial charge in [-0.15, -0.1) is 0 Å². The SMILES string of the molecule is Cc1cccc([C@@H](CO)NC(=O)[C@@H](C)N2Cc3ccc(-c4nc(CC5CCOCC5)ncc4Cl)cc3C2=O)c1F. The molecular formula is C30H32ClFN4O4. The van der Waals surface area contributed by atoms with Crippen molar-refractivity contribution in [3.63, 3.8) is 0 Å². The Hall–Kier alpha value is -3.40. The van der Waals surface area contributed by atoms with Gasteiger partial charge in [0, 0.05) is 49.1 Å². The highest BCUT2D eigenvalue weighted by Gasteiger charge is 2.35. The van der Waals surface area contributed by atoms with Gasteiger partial charge in [0.25, 0.3) is 5.91 Å². The zero-order chi connectivity index (χ0) is 28.4. The number of amides is 2. The number of nitrogens with zero attached hydrogens (tertiary/aromatic N) is 3. The topological polar surface area (TPSA) is 105 Å². The predicted octanol–water partition coefficient (Wildman–Crippen LogP) is 4.41. The summed E-state index contributed by atoms with van der Waals surface area (Å²) in [6, 6.07) is 8.51. The molecule has 210 valence electrons. The number of aliphatic hydroxyl groups excluding tert-OH is 1. The summed E-state index contributed by atoms with van der Waals surface area (Å²) in [7, 11) is 0. The molecule has 40 heavy (non-hydrogen) atoms. The molecule has 0 bridgehead atoms. The van der Waals surface area contributed by atoms with Crippen molar-refractivity contribution < 1.29 is 23.8 Å². The van der Waals surface area contributed by atoms with E-state index in [9.17, 15) is 19.1 Å². The van der Waals surface area contributed by atoms with E-state index in [1.807, 2.05) is 12.1 Å². The van der Waals surface area contributed by atoms with Crippen LogP contribution in [0.25, 0.3) is 11.3 Å². The molecule has 8 nitrogen and oxygen atoms in total. The fourth-order valence-electron chi connectivity index (χ4n) is 5.29. The summed E-state index contributed by atoms with van der Waals surface area (Å²) in [6.45, 7) is 4.49. The second kappa shape index (κ2) is 12.0. The number of halogens is 2. The summed E-state index contributed by atoms with van der Waals surface area (Å²) in [5.41, 5.74) is 3.12. The number of nitrogens with one attached hydrogen (secondary N) is 1. The van der Waals surface area contributed by atoms with Crippen molar-refractivity contribution in [3.8, 4) is 11.3 Å². The van der Waals surface area contributed by atoms with Crippen LogP contribution in [0.15, 0.2) is 42.6 Å². The van der Waals surface area contributed by atoms with Crippen LogP contribution in [0.2, 0.25) is 5.02 Å². The highest BCUT2D eigenvalue weighted by molar-refractivity contribution is 6.32. The molecule has 10 heteroatoms. The lowest BCUT2D eigenvalue weighted by molar-refractivity contribution is -0.126. The minimum absolute atomic E-state index is 0.196. The lowest BCUT2D eigenvalue weighted by Crippen LogP contribution is -2.47. The van der Waals surface area contributed by atoms with E-state index in [0.717, 1.165) is 38.0 Å². The number of carbonyl (C=O) groups excluding carboxylic acids is 2. The Labute approximate surface area is 237 Å². The smallest absolute Gasteiger partial charge is 0.255 e. The fraction of sp³-hybridized carbons (Fsp3) is 0.400. The summed E-state index contributed by atoms with van der Waals surface area (Å²) in [6.07, 6.45) is 4.27. The van der Waals surface area contributed by atoms with E-state index in [4.69, 9.17) is 21.3 Å². The molecular weight excluding hydrogens is 535 g/mol. The van der Waals surface area contributed by atoms with E-state index in [-0.39, 0.29) is 18.0 Å². The first-order chi connectivity index (χ1) is 19.3. The number of carbonyl (C=O) groups is 2. The maximum Gasteiger partial charge on any atom is 0.255 e. The Kier molecular flexibility index (Phi) is 8.44. The molecule has 2 aliphatic rings. The van der Waals surface area contributed by atoms with Gasteiger partial charge in [-0.3, -0.25) is 9.59 Å². The first-order valence-electron chi connectivity index (χ1n) is 13.5. The number of hydrogen-bond acceptors (Lipinski definition) is 6. The van der Waals surface area contributed by atoms with Crippen LogP contribution in [0.1, 0.15) is 58.7 Å². The lowest BCUT2D eigenvalue weighted by Gasteiger charge is -2.26. The van der Waals surface area contributed by atoms with Crippen LogP contribution in [0.4, 0.5) is 4.39 Å². The average molecular weight is 567 g/mol. The van der Waals surface area contributed by atoms with Crippen LogP contribution in [0.5, 0.6) is 0 Å². The van der Waals surface area contributed by atoms with E-state index in [1.165, 1.54) is 11.0 Å². The summed E-state index contributed by atoms with van der Waals surface area (Å²) < 4.78 is 20.1. The zero-order valence-corrected chi connectivity index (χ0v) is 23.2. The highest BCUT2D eigenvalue weighted by Crippen LogP contribution is 2.32. The number of benzene rings is 2. The largest absolute Gasteiger partial charge is 0.394 e.